The molecular weight excluding hydrogens is 258 g/mol. The van der Waals surface area contributed by atoms with Crippen LogP contribution in [-0.4, -0.2) is 25.7 Å². The Kier molecular flexibility index (Phi) is 3.78. The summed E-state index contributed by atoms with van der Waals surface area (Å²) in [7, 11) is 1.71. The largest absolute Gasteiger partial charge is 0.355 e. The zero-order valence-electron chi connectivity index (χ0n) is 10.5. The maximum Gasteiger partial charge on any atom is 0.253 e. The van der Waals surface area contributed by atoms with Gasteiger partial charge >= 0.3 is 0 Å². The molecule has 18 heavy (non-hydrogen) atoms. The predicted molar refractivity (Wildman–Crippen MR) is 70.6 cm³/mol. The Bertz CT molecular complexity index is 437. The van der Waals surface area contributed by atoms with Gasteiger partial charge in [0.15, 0.2) is 0 Å². The van der Waals surface area contributed by atoms with Crippen LogP contribution < -0.4 is 10.2 Å². The minimum absolute atomic E-state index is 0.114. The van der Waals surface area contributed by atoms with Crippen LogP contribution in [0.3, 0.4) is 0 Å². The summed E-state index contributed by atoms with van der Waals surface area (Å²) in [5.74, 6) is -2.59. The highest BCUT2D eigenvalue weighted by Crippen LogP contribution is 2.36. The van der Waals surface area contributed by atoms with Gasteiger partial charge in [-0.1, -0.05) is 17.7 Å². The molecule has 5 heteroatoms. The van der Waals surface area contributed by atoms with Crippen LogP contribution in [0, 0.1) is 6.92 Å². The summed E-state index contributed by atoms with van der Waals surface area (Å²) in [5.41, 5.74) is 1.86. The molecule has 0 amide bonds. The second kappa shape index (κ2) is 5.02. The summed E-state index contributed by atoms with van der Waals surface area (Å²) in [6, 6.07) is 5.59. The third-order valence-electron chi connectivity index (χ3n) is 3.47. The lowest BCUT2D eigenvalue weighted by Gasteiger charge is -2.41. The molecule has 1 aromatic rings. The molecule has 1 aliphatic rings. The van der Waals surface area contributed by atoms with Gasteiger partial charge in [0, 0.05) is 30.1 Å². The summed E-state index contributed by atoms with van der Waals surface area (Å²) in [5, 5.41) is 3.62. The number of piperidine rings is 1. The van der Waals surface area contributed by atoms with E-state index in [0.29, 0.717) is 11.6 Å². The van der Waals surface area contributed by atoms with Crippen LogP contribution in [0.1, 0.15) is 18.4 Å². The van der Waals surface area contributed by atoms with Crippen LogP contribution in [0.15, 0.2) is 18.2 Å². The van der Waals surface area contributed by atoms with E-state index in [9.17, 15) is 8.78 Å². The molecule has 1 unspecified atom stereocenters. The van der Waals surface area contributed by atoms with E-state index in [1.807, 2.05) is 30.0 Å². The highest BCUT2D eigenvalue weighted by atomic mass is 35.5. The predicted octanol–water partition coefficient (Wildman–Crippen LogP) is 3.43. The van der Waals surface area contributed by atoms with Gasteiger partial charge in [0.05, 0.1) is 6.17 Å². The lowest BCUT2D eigenvalue weighted by atomic mass is 10.0. The van der Waals surface area contributed by atoms with E-state index in [1.54, 1.807) is 7.05 Å². The van der Waals surface area contributed by atoms with E-state index in [-0.39, 0.29) is 19.0 Å². The average molecular weight is 275 g/mol. The molecule has 0 aromatic heterocycles. The number of nitrogens with zero attached hydrogens (tertiary/aromatic N) is 1. The zero-order chi connectivity index (χ0) is 13.3. The Morgan fingerprint density at radius 3 is 2.83 bits per heavy atom. The van der Waals surface area contributed by atoms with Crippen LogP contribution in [-0.2, 0) is 0 Å². The minimum atomic E-state index is -2.59. The number of nitrogens with one attached hydrogen (secondary N) is 1. The van der Waals surface area contributed by atoms with Crippen LogP contribution in [0.2, 0.25) is 5.02 Å². The molecule has 2 rings (SSSR count). The topological polar surface area (TPSA) is 15.3 Å². The Morgan fingerprint density at radius 2 is 2.17 bits per heavy atom. The number of alkyl halides is 2. The van der Waals surface area contributed by atoms with Crippen molar-refractivity contribution in [2.24, 2.45) is 0 Å². The summed E-state index contributed by atoms with van der Waals surface area (Å²) < 4.78 is 26.8. The van der Waals surface area contributed by atoms with Crippen molar-refractivity contribution in [3.8, 4) is 0 Å². The van der Waals surface area contributed by atoms with Gasteiger partial charge in [-0.3, -0.25) is 0 Å². The van der Waals surface area contributed by atoms with Crippen LogP contribution in [0.5, 0.6) is 0 Å². The first-order valence-electron chi connectivity index (χ1n) is 6.01. The Labute approximate surface area is 111 Å². The van der Waals surface area contributed by atoms with Crippen LogP contribution >= 0.6 is 11.6 Å². The van der Waals surface area contributed by atoms with Crippen molar-refractivity contribution in [1.29, 1.82) is 0 Å². The summed E-state index contributed by atoms with van der Waals surface area (Å²) in [4.78, 5) is 1.97. The first kappa shape index (κ1) is 13.6. The molecule has 100 valence electrons. The number of halogens is 3. The van der Waals surface area contributed by atoms with Crippen molar-refractivity contribution < 1.29 is 8.78 Å². The summed E-state index contributed by atoms with van der Waals surface area (Å²) in [6.45, 7) is 2.25. The molecule has 1 aromatic carbocycles. The molecule has 0 aliphatic carbocycles. The van der Waals surface area contributed by atoms with Gasteiger partial charge < -0.3 is 10.2 Å². The molecular formula is C13H17ClF2N2. The number of benzene rings is 1. The highest BCUT2D eigenvalue weighted by molar-refractivity contribution is 6.31. The second-order valence-electron chi connectivity index (χ2n) is 4.69. The Morgan fingerprint density at radius 1 is 1.44 bits per heavy atom. The fourth-order valence-electron chi connectivity index (χ4n) is 2.39. The van der Waals surface area contributed by atoms with E-state index in [0.717, 1.165) is 11.3 Å². The zero-order valence-corrected chi connectivity index (χ0v) is 11.3. The molecule has 1 fully saturated rings. The van der Waals surface area contributed by atoms with Crippen molar-refractivity contribution in [2.75, 3.05) is 18.5 Å². The molecule has 0 saturated carbocycles. The van der Waals surface area contributed by atoms with Crippen molar-refractivity contribution >= 4 is 17.3 Å². The standard InChI is InChI=1S/C13H17ClF2N2/c1-9-10(14)4-3-5-11(9)18-7-6-13(15,16)8-12(18)17-2/h3-5,12,17H,6-8H2,1-2H3. The van der Waals surface area contributed by atoms with Gasteiger partial charge in [0.2, 0.25) is 0 Å². The SMILES string of the molecule is CNC1CC(F)(F)CCN1c1cccc(Cl)c1C. The van der Waals surface area contributed by atoms with E-state index in [4.69, 9.17) is 11.6 Å². The van der Waals surface area contributed by atoms with Crippen molar-refractivity contribution in [3.63, 3.8) is 0 Å². The molecule has 0 spiro atoms. The van der Waals surface area contributed by atoms with Crippen LogP contribution in [0.25, 0.3) is 0 Å². The van der Waals surface area contributed by atoms with Gasteiger partial charge in [0.1, 0.15) is 0 Å². The smallest absolute Gasteiger partial charge is 0.253 e. The molecule has 0 bridgehead atoms. The second-order valence-corrected chi connectivity index (χ2v) is 5.10. The van der Waals surface area contributed by atoms with Gasteiger partial charge in [-0.25, -0.2) is 8.78 Å². The number of anilines is 1. The lowest BCUT2D eigenvalue weighted by molar-refractivity contribution is -0.0365. The molecule has 1 aliphatic heterocycles. The number of hydrogen-bond donors (Lipinski definition) is 1. The van der Waals surface area contributed by atoms with Crippen molar-refractivity contribution in [2.45, 2.75) is 31.9 Å². The van der Waals surface area contributed by atoms with Gasteiger partial charge in [-0.2, -0.15) is 0 Å². The van der Waals surface area contributed by atoms with Gasteiger partial charge in [-0.15, -0.1) is 0 Å². The average Bonchev–Trinajstić information content (AvgIpc) is 2.32. The summed E-state index contributed by atoms with van der Waals surface area (Å²) in [6.07, 6.45) is -0.641. The van der Waals surface area contributed by atoms with E-state index >= 15 is 0 Å². The normalized spacial score (nSPS) is 23.2. The van der Waals surface area contributed by atoms with Crippen LogP contribution in [0.4, 0.5) is 14.5 Å². The Balaban J connectivity index is 2.30. The van der Waals surface area contributed by atoms with Crippen molar-refractivity contribution in [1.82, 2.24) is 5.32 Å². The lowest BCUT2D eigenvalue weighted by Crippen LogP contribution is -2.53. The fraction of sp³-hybridized carbons (Fsp3) is 0.538. The monoisotopic (exact) mass is 274 g/mol. The summed E-state index contributed by atoms with van der Waals surface area (Å²) >= 11 is 6.08. The number of hydrogen-bond acceptors (Lipinski definition) is 2. The van der Waals surface area contributed by atoms with E-state index < -0.39 is 5.92 Å². The third kappa shape index (κ3) is 2.59. The molecule has 2 nitrogen and oxygen atoms in total. The molecule has 1 heterocycles. The number of rotatable bonds is 2. The molecule has 1 atom stereocenters. The van der Waals surface area contributed by atoms with Gasteiger partial charge in [0.25, 0.3) is 5.92 Å². The first-order chi connectivity index (χ1) is 8.44. The quantitative estimate of drug-likeness (QED) is 0.889. The molecule has 1 N–H and O–H groups in total. The maximum atomic E-state index is 13.4. The van der Waals surface area contributed by atoms with Gasteiger partial charge in [-0.05, 0) is 31.7 Å². The fourth-order valence-corrected chi connectivity index (χ4v) is 2.56. The Hall–Kier alpha value is -0.870. The maximum absolute atomic E-state index is 13.4. The minimum Gasteiger partial charge on any atom is -0.355 e. The molecule has 0 radical (unpaired) electrons. The first-order valence-corrected chi connectivity index (χ1v) is 6.39. The van der Waals surface area contributed by atoms with Crippen molar-refractivity contribution in [3.05, 3.63) is 28.8 Å². The van der Waals surface area contributed by atoms with E-state index in [2.05, 4.69) is 5.32 Å². The third-order valence-corrected chi connectivity index (χ3v) is 3.88. The molecule has 1 saturated heterocycles. The highest BCUT2D eigenvalue weighted by Gasteiger charge is 2.40. The van der Waals surface area contributed by atoms with E-state index in [1.165, 1.54) is 0 Å².